The number of carbonyl (C=O) groups is 1. The van der Waals surface area contributed by atoms with Gasteiger partial charge in [0.15, 0.2) is 0 Å². The minimum absolute atomic E-state index is 0.0555. The lowest BCUT2D eigenvalue weighted by molar-refractivity contribution is 0.104. The van der Waals surface area contributed by atoms with Crippen LogP contribution in [0.3, 0.4) is 0 Å². The number of hydrogen-bond acceptors (Lipinski definition) is 4. The lowest BCUT2D eigenvalue weighted by Gasteiger charge is -2.09. The first-order chi connectivity index (χ1) is 11.9. The quantitative estimate of drug-likeness (QED) is 0.445. The SMILES string of the molecule is C/C=C\Cc1c(C)nc2sc(C(=O)c3ccc(Br)cc3)c(N)c2c1C. The van der Waals surface area contributed by atoms with Gasteiger partial charge in [-0.1, -0.05) is 28.1 Å². The van der Waals surface area contributed by atoms with Crippen LogP contribution in [0.25, 0.3) is 10.2 Å². The minimum atomic E-state index is -0.0555. The van der Waals surface area contributed by atoms with Crippen LogP contribution in [0.15, 0.2) is 40.9 Å². The largest absolute Gasteiger partial charge is 0.397 e. The Morgan fingerprint density at radius 3 is 2.60 bits per heavy atom. The third-order valence-electron chi connectivity index (χ3n) is 4.33. The number of aromatic nitrogens is 1. The lowest BCUT2D eigenvalue weighted by Crippen LogP contribution is -2.02. The molecule has 0 saturated carbocycles. The summed E-state index contributed by atoms with van der Waals surface area (Å²) < 4.78 is 0.940. The zero-order chi connectivity index (χ0) is 18.1. The van der Waals surface area contributed by atoms with Crippen molar-refractivity contribution in [3.63, 3.8) is 0 Å². The van der Waals surface area contributed by atoms with Crippen molar-refractivity contribution in [2.75, 3.05) is 5.73 Å². The summed E-state index contributed by atoms with van der Waals surface area (Å²) in [4.78, 5) is 19.0. The molecule has 3 nitrogen and oxygen atoms in total. The van der Waals surface area contributed by atoms with Crippen LogP contribution >= 0.6 is 27.3 Å². The molecule has 0 amide bonds. The number of thiophene rings is 1. The molecule has 0 aliphatic carbocycles. The van der Waals surface area contributed by atoms with E-state index < -0.39 is 0 Å². The molecule has 0 fully saturated rings. The number of hydrogen-bond donors (Lipinski definition) is 1. The second-order valence-electron chi connectivity index (χ2n) is 5.93. The molecule has 0 spiro atoms. The van der Waals surface area contributed by atoms with Gasteiger partial charge in [-0.05, 0) is 62.6 Å². The first kappa shape index (κ1) is 17.8. The molecule has 1 aromatic carbocycles. The number of rotatable bonds is 4. The van der Waals surface area contributed by atoms with Crippen LogP contribution in [0.4, 0.5) is 5.69 Å². The molecule has 3 rings (SSSR count). The van der Waals surface area contributed by atoms with Crippen LogP contribution in [0.5, 0.6) is 0 Å². The number of nitrogens with two attached hydrogens (primary N) is 1. The Bertz CT molecular complexity index is 987. The molecule has 5 heteroatoms. The minimum Gasteiger partial charge on any atom is -0.397 e. The summed E-state index contributed by atoms with van der Waals surface area (Å²) in [5.74, 6) is -0.0555. The first-order valence-corrected chi connectivity index (χ1v) is 9.64. The van der Waals surface area contributed by atoms with Gasteiger partial charge in [0.2, 0.25) is 5.78 Å². The first-order valence-electron chi connectivity index (χ1n) is 8.03. The molecule has 0 aliphatic rings. The number of benzene rings is 1. The molecule has 0 saturated heterocycles. The second-order valence-corrected chi connectivity index (χ2v) is 7.85. The third kappa shape index (κ3) is 3.26. The van der Waals surface area contributed by atoms with E-state index in [0.29, 0.717) is 16.1 Å². The summed E-state index contributed by atoms with van der Waals surface area (Å²) in [6.07, 6.45) is 4.96. The Morgan fingerprint density at radius 1 is 1.28 bits per heavy atom. The highest BCUT2D eigenvalue weighted by Crippen LogP contribution is 2.38. The van der Waals surface area contributed by atoms with Gasteiger partial charge in [-0.15, -0.1) is 11.3 Å². The van der Waals surface area contributed by atoms with Crippen molar-refractivity contribution in [2.24, 2.45) is 0 Å². The van der Waals surface area contributed by atoms with Crippen LogP contribution in [0.1, 0.15) is 39.0 Å². The van der Waals surface area contributed by atoms with E-state index in [-0.39, 0.29) is 5.78 Å². The number of allylic oxidation sites excluding steroid dienone is 2. The fourth-order valence-corrected chi connectivity index (χ4v) is 4.38. The van der Waals surface area contributed by atoms with Crippen molar-refractivity contribution >= 4 is 49.0 Å². The summed E-state index contributed by atoms with van der Waals surface area (Å²) in [6.45, 7) is 6.08. The van der Waals surface area contributed by atoms with Crippen LogP contribution in [-0.4, -0.2) is 10.8 Å². The summed E-state index contributed by atoms with van der Waals surface area (Å²) in [6, 6.07) is 7.33. The molecule has 25 heavy (non-hydrogen) atoms. The molecule has 0 aliphatic heterocycles. The van der Waals surface area contributed by atoms with Gasteiger partial charge in [-0.3, -0.25) is 4.79 Å². The van der Waals surface area contributed by atoms with Gasteiger partial charge in [-0.25, -0.2) is 4.98 Å². The highest BCUT2D eigenvalue weighted by molar-refractivity contribution is 9.10. The van der Waals surface area contributed by atoms with Crippen molar-refractivity contribution in [3.05, 3.63) is 68.2 Å². The van der Waals surface area contributed by atoms with E-state index in [2.05, 4.69) is 28.9 Å². The van der Waals surface area contributed by atoms with Gasteiger partial charge in [0.05, 0.1) is 5.69 Å². The summed E-state index contributed by atoms with van der Waals surface area (Å²) in [7, 11) is 0. The number of carbonyl (C=O) groups excluding carboxylic acids is 1. The summed E-state index contributed by atoms with van der Waals surface area (Å²) in [5, 5.41) is 0.913. The molecule has 2 aromatic heterocycles. The van der Waals surface area contributed by atoms with E-state index in [1.807, 2.05) is 32.1 Å². The maximum atomic E-state index is 12.9. The van der Waals surface area contributed by atoms with Crippen molar-refractivity contribution in [1.29, 1.82) is 0 Å². The van der Waals surface area contributed by atoms with Crippen molar-refractivity contribution < 1.29 is 4.79 Å². The van der Waals surface area contributed by atoms with E-state index in [1.165, 1.54) is 16.9 Å². The van der Waals surface area contributed by atoms with E-state index in [9.17, 15) is 4.79 Å². The van der Waals surface area contributed by atoms with E-state index in [4.69, 9.17) is 10.7 Å². The van der Waals surface area contributed by atoms with Gasteiger partial charge in [0.25, 0.3) is 0 Å². The average molecular weight is 415 g/mol. The molecular formula is C20H19BrN2OS. The Kier molecular flexibility index (Phi) is 5.06. The fourth-order valence-electron chi connectivity index (χ4n) is 2.95. The van der Waals surface area contributed by atoms with Gasteiger partial charge in [0.1, 0.15) is 9.71 Å². The van der Waals surface area contributed by atoms with E-state index in [1.54, 1.807) is 12.1 Å². The molecule has 2 N–H and O–H groups in total. The van der Waals surface area contributed by atoms with Crippen LogP contribution in [-0.2, 0) is 6.42 Å². The lowest BCUT2D eigenvalue weighted by atomic mass is 10.00. The summed E-state index contributed by atoms with van der Waals surface area (Å²) in [5.41, 5.74) is 10.8. The van der Waals surface area contributed by atoms with Crippen LogP contribution in [0, 0.1) is 13.8 Å². The van der Waals surface area contributed by atoms with Gasteiger partial charge in [-0.2, -0.15) is 0 Å². The predicted octanol–water partition coefficient (Wildman–Crippen LogP) is 5.61. The van der Waals surface area contributed by atoms with Crippen molar-refractivity contribution in [3.8, 4) is 0 Å². The van der Waals surface area contributed by atoms with Crippen LogP contribution in [0.2, 0.25) is 0 Å². The number of ketones is 1. The fraction of sp³-hybridized carbons (Fsp3) is 0.200. The van der Waals surface area contributed by atoms with Crippen molar-refractivity contribution in [1.82, 2.24) is 4.98 Å². The molecule has 0 unspecified atom stereocenters. The van der Waals surface area contributed by atoms with E-state index >= 15 is 0 Å². The summed E-state index contributed by atoms with van der Waals surface area (Å²) >= 11 is 4.77. The maximum absolute atomic E-state index is 12.9. The Balaban J connectivity index is 2.15. The molecular weight excluding hydrogens is 396 g/mol. The smallest absolute Gasteiger partial charge is 0.205 e. The molecule has 128 valence electrons. The Morgan fingerprint density at radius 2 is 1.96 bits per heavy atom. The van der Waals surface area contributed by atoms with Crippen LogP contribution < -0.4 is 5.73 Å². The number of aryl methyl sites for hydroxylation is 2. The Labute approximate surface area is 159 Å². The van der Waals surface area contributed by atoms with E-state index in [0.717, 1.165) is 32.4 Å². The molecule has 3 aromatic rings. The number of nitrogens with zero attached hydrogens (tertiary/aromatic N) is 1. The number of anilines is 1. The molecule has 0 radical (unpaired) electrons. The highest BCUT2D eigenvalue weighted by atomic mass is 79.9. The number of fused-ring (bicyclic) bond motifs is 1. The topological polar surface area (TPSA) is 56.0 Å². The zero-order valence-corrected chi connectivity index (χ0v) is 16.8. The normalized spacial score (nSPS) is 11.5. The Hall–Kier alpha value is -1.98. The number of halogens is 1. The van der Waals surface area contributed by atoms with Crippen molar-refractivity contribution in [2.45, 2.75) is 27.2 Å². The highest BCUT2D eigenvalue weighted by Gasteiger charge is 2.21. The molecule has 2 heterocycles. The molecule has 0 bridgehead atoms. The van der Waals surface area contributed by atoms with Gasteiger partial charge < -0.3 is 5.73 Å². The standard InChI is InChI=1S/C20H19BrN2OS/c1-4-5-6-15-11(2)16-17(22)19(25-20(16)23-12(15)3)18(24)13-7-9-14(21)10-8-13/h4-5,7-10H,6,22H2,1-3H3/b5-4-. The average Bonchev–Trinajstić information content (AvgIpc) is 2.91. The number of nitrogen functional groups attached to an aromatic ring is 1. The van der Waals surface area contributed by atoms with Gasteiger partial charge in [0, 0.05) is 21.1 Å². The third-order valence-corrected chi connectivity index (χ3v) is 5.96. The molecule has 0 atom stereocenters. The monoisotopic (exact) mass is 414 g/mol. The zero-order valence-electron chi connectivity index (χ0n) is 14.4. The van der Waals surface area contributed by atoms with Gasteiger partial charge >= 0.3 is 0 Å². The second kappa shape index (κ2) is 7.10. The predicted molar refractivity (Wildman–Crippen MR) is 110 cm³/mol. The number of pyridine rings is 1. The maximum Gasteiger partial charge on any atom is 0.205 e.